The minimum atomic E-state index is 0.479. The number of nitrogens with two attached hydrogens (primary N) is 1. The van der Waals surface area contributed by atoms with Gasteiger partial charge in [-0.05, 0) is 0 Å². The van der Waals surface area contributed by atoms with E-state index in [1.54, 1.807) is 0 Å². The van der Waals surface area contributed by atoms with Crippen LogP contribution < -0.4 is 5.73 Å². The molecule has 0 bridgehead atoms. The van der Waals surface area contributed by atoms with Gasteiger partial charge >= 0.3 is 32.9 Å². The van der Waals surface area contributed by atoms with Crippen LogP contribution in [-0.4, -0.2) is 0 Å². The van der Waals surface area contributed by atoms with E-state index >= 15 is 0 Å². The Balaban J connectivity index is 2.80. The molecule has 0 aromatic rings. The molecule has 0 saturated heterocycles. The molecule has 0 fully saturated rings. The van der Waals surface area contributed by atoms with Gasteiger partial charge in [0.05, 0.1) is 0 Å². The molecule has 0 heterocycles. The molecule has 0 aromatic carbocycles. The number of rotatable bonds is 0. The molecule has 0 aromatic heterocycles. The van der Waals surface area contributed by atoms with Gasteiger partial charge in [0.25, 0.3) is 0 Å². The summed E-state index contributed by atoms with van der Waals surface area (Å²) in [6, 6.07) is 0. The molecule has 0 saturated carbocycles. The Hall–Kier alpha value is 0.0595. The van der Waals surface area contributed by atoms with E-state index < -0.39 is 0 Å². The first-order valence-electron chi connectivity index (χ1n) is 0.831. The fourth-order valence-electron chi connectivity index (χ4n) is 0. The summed E-state index contributed by atoms with van der Waals surface area (Å²) < 4.78 is 0.479. The van der Waals surface area contributed by atoms with Crippen molar-refractivity contribution in [2.45, 2.75) is 0 Å². The summed E-state index contributed by atoms with van der Waals surface area (Å²) in [4.78, 5) is 0. The molecule has 0 spiro atoms. The van der Waals surface area contributed by atoms with E-state index in [-0.39, 0.29) is 0 Å². The zero-order valence-corrected chi connectivity index (χ0v) is 3.34. The van der Waals surface area contributed by atoms with E-state index in [4.69, 9.17) is 5.73 Å². The maximum absolute atomic E-state index is 4.83. The van der Waals surface area contributed by atoms with Crippen LogP contribution in [0.2, 0.25) is 0 Å². The molecule has 0 rings (SSSR count). The molecule has 0 aliphatic rings. The summed E-state index contributed by atoms with van der Waals surface area (Å²) >= 11 is 2.85. The van der Waals surface area contributed by atoms with Crippen LogP contribution in [0.4, 0.5) is 0 Å². The predicted molar refractivity (Wildman–Crippen MR) is 13.3 cm³/mol. The molecule has 1 nitrogen and oxygen atoms in total. The normalized spacial score (nSPS) is 6.25. The summed E-state index contributed by atoms with van der Waals surface area (Å²) in [5.41, 5.74) is 4.83. The predicted octanol–water partition coefficient (Wildman–Crippen LogP) is -0.0369. The van der Waals surface area contributed by atoms with Crippen molar-refractivity contribution in [2.75, 3.05) is 0 Å². The van der Waals surface area contributed by atoms with Gasteiger partial charge in [-0.3, -0.25) is 0 Å². The van der Waals surface area contributed by atoms with Crippen LogP contribution in [0.3, 0.4) is 0 Å². The zero-order valence-electron chi connectivity index (χ0n) is 2.16. The van der Waals surface area contributed by atoms with Crippen LogP contribution in [0.1, 0.15) is 0 Å². The van der Waals surface area contributed by atoms with Crippen LogP contribution in [0.5, 0.6) is 0 Å². The fraction of sp³-hybridized carbons (Fsp3) is 0. The van der Waals surface area contributed by atoms with Crippen molar-refractivity contribution in [1.82, 2.24) is 0 Å². The van der Waals surface area contributed by atoms with Crippen molar-refractivity contribution < 1.29 is 16.0 Å². The summed E-state index contributed by atoms with van der Waals surface area (Å²) in [5, 5.41) is 0. The van der Waals surface area contributed by atoms with Crippen molar-refractivity contribution in [3.63, 3.8) is 0 Å². The summed E-state index contributed by atoms with van der Waals surface area (Å²) in [5.74, 6) is 0. The molecule has 0 amide bonds. The van der Waals surface area contributed by atoms with Crippen molar-refractivity contribution in [1.29, 1.82) is 0 Å². The minimum absolute atomic E-state index is 0.479. The van der Waals surface area contributed by atoms with Gasteiger partial charge in [-0.25, -0.2) is 0 Å². The SMILES string of the molecule is C=[C](N)[Mn]. The second-order valence-corrected chi connectivity index (χ2v) is 1.20. The van der Waals surface area contributed by atoms with Gasteiger partial charge in [-0.2, -0.15) is 0 Å². The van der Waals surface area contributed by atoms with Gasteiger partial charge < -0.3 is 0 Å². The molecule has 0 aliphatic carbocycles. The molecule has 0 radical (unpaired) electrons. The Bertz CT molecular complexity index is 29.0. The van der Waals surface area contributed by atoms with E-state index in [0.29, 0.717) is 4.60 Å². The van der Waals surface area contributed by atoms with Crippen LogP contribution >= 0.6 is 0 Å². The van der Waals surface area contributed by atoms with E-state index in [1.807, 2.05) is 0 Å². The topological polar surface area (TPSA) is 26.0 Å². The van der Waals surface area contributed by atoms with Crippen LogP contribution in [0.15, 0.2) is 11.2 Å². The molecule has 0 unspecified atom stereocenters. The third-order valence-corrected chi connectivity index (χ3v) is 0. The molecular formula is C2H4MnN. The molecule has 0 aliphatic heterocycles. The van der Waals surface area contributed by atoms with Crippen LogP contribution in [-0.2, 0) is 16.0 Å². The number of hydrogen-bond acceptors (Lipinski definition) is 1. The van der Waals surface area contributed by atoms with Gasteiger partial charge in [0.15, 0.2) is 0 Å². The fourth-order valence-corrected chi connectivity index (χ4v) is 0. The summed E-state index contributed by atoms with van der Waals surface area (Å²) in [7, 11) is 0. The van der Waals surface area contributed by atoms with Gasteiger partial charge in [0, 0.05) is 0 Å². The Morgan fingerprint density at radius 3 is 2.00 bits per heavy atom. The first-order valence-corrected chi connectivity index (χ1v) is 1.42. The van der Waals surface area contributed by atoms with E-state index in [0.717, 1.165) is 0 Å². The summed E-state index contributed by atoms with van der Waals surface area (Å²) in [6.45, 7) is 3.25. The van der Waals surface area contributed by atoms with Gasteiger partial charge in [0.2, 0.25) is 0 Å². The summed E-state index contributed by atoms with van der Waals surface area (Å²) in [6.07, 6.45) is 0. The standard InChI is InChI=1S/C2H4N.Mn/c1-2-3;/h1,3H2;. The third kappa shape index (κ3) is 653. The first kappa shape index (κ1) is 4.06. The van der Waals surface area contributed by atoms with Crippen molar-refractivity contribution in [3.05, 3.63) is 11.2 Å². The second-order valence-electron chi connectivity index (χ2n) is 0.447. The van der Waals surface area contributed by atoms with Crippen molar-refractivity contribution >= 4 is 0 Å². The Kier molecular flexibility index (Phi) is 1.41. The average Bonchev–Trinajstić information content (AvgIpc) is 0.811. The Labute approximate surface area is 33.7 Å². The average molecular weight is 97.0 g/mol. The van der Waals surface area contributed by atoms with E-state index in [1.165, 1.54) is 0 Å². The first-order chi connectivity index (χ1) is 1.73. The Morgan fingerprint density at radius 2 is 2.00 bits per heavy atom. The molecule has 4 heavy (non-hydrogen) atoms. The van der Waals surface area contributed by atoms with Crippen molar-refractivity contribution in [2.24, 2.45) is 5.73 Å². The van der Waals surface area contributed by atoms with E-state index in [9.17, 15) is 0 Å². The second kappa shape index (κ2) is 1.39. The molecular weight excluding hydrogens is 93.0 g/mol. The molecule has 0 atom stereocenters. The zero-order chi connectivity index (χ0) is 3.58. The molecule has 2 heteroatoms. The number of hydrogen-bond donors (Lipinski definition) is 1. The Morgan fingerprint density at radius 1 is 2.00 bits per heavy atom. The maximum atomic E-state index is 4.83. The van der Waals surface area contributed by atoms with Gasteiger partial charge in [-0.1, -0.05) is 0 Å². The van der Waals surface area contributed by atoms with Crippen molar-refractivity contribution in [3.8, 4) is 0 Å². The third-order valence-electron chi connectivity index (χ3n) is 0. The molecule has 24 valence electrons. The molecule has 2 N–H and O–H groups in total. The van der Waals surface area contributed by atoms with Crippen LogP contribution in [0.25, 0.3) is 0 Å². The van der Waals surface area contributed by atoms with E-state index in [2.05, 4.69) is 22.6 Å². The quantitative estimate of drug-likeness (QED) is 0.422. The monoisotopic (exact) mass is 97.0 g/mol. The van der Waals surface area contributed by atoms with Crippen LogP contribution in [0, 0.1) is 0 Å². The van der Waals surface area contributed by atoms with Gasteiger partial charge in [-0.15, -0.1) is 0 Å². The van der Waals surface area contributed by atoms with Gasteiger partial charge in [0.1, 0.15) is 0 Å².